The lowest BCUT2D eigenvalue weighted by Gasteiger charge is -2.31. The molecule has 0 radical (unpaired) electrons. The standard InChI is InChI=1S/C22H27N3O4/c1-27-20-10-15-7-8-25(14-16(15)11-21(20)28-2)17-5-6-19(23-12-17)22(26)24-13-18-4-3-9-29-18/h5-6,10-12,18H,3-4,7-9,13-14H2,1-2H3,(H,24,26). The molecule has 1 unspecified atom stereocenters. The van der Waals surface area contributed by atoms with Gasteiger partial charge in [0, 0.05) is 26.2 Å². The fourth-order valence-electron chi connectivity index (χ4n) is 3.91. The third-order valence-electron chi connectivity index (χ3n) is 5.58. The smallest absolute Gasteiger partial charge is 0.269 e. The third-order valence-corrected chi connectivity index (χ3v) is 5.58. The molecule has 0 bridgehead atoms. The van der Waals surface area contributed by atoms with Crippen molar-refractivity contribution in [3.63, 3.8) is 0 Å². The van der Waals surface area contributed by atoms with Crippen LogP contribution in [0, 0.1) is 0 Å². The molecule has 2 aliphatic heterocycles. The number of hydrogen-bond acceptors (Lipinski definition) is 6. The Bertz CT molecular complexity index is 863. The highest BCUT2D eigenvalue weighted by Gasteiger charge is 2.21. The Labute approximate surface area is 171 Å². The number of benzene rings is 1. The molecule has 1 amide bonds. The van der Waals surface area contributed by atoms with Gasteiger partial charge in [0.2, 0.25) is 0 Å². The van der Waals surface area contributed by atoms with E-state index in [9.17, 15) is 4.79 Å². The second-order valence-corrected chi connectivity index (χ2v) is 7.39. The SMILES string of the molecule is COc1cc2c(cc1OC)CN(c1ccc(C(=O)NCC3CCCO3)nc1)CC2. The first-order chi connectivity index (χ1) is 14.2. The first-order valence-electron chi connectivity index (χ1n) is 10.0. The van der Waals surface area contributed by atoms with Crippen LogP contribution in [0.4, 0.5) is 5.69 Å². The summed E-state index contributed by atoms with van der Waals surface area (Å²) in [6, 6.07) is 7.84. The van der Waals surface area contributed by atoms with Gasteiger partial charge in [0.15, 0.2) is 11.5 Å². The molecule has 1 fully saturated rings. The molecule has 0 saturated carbocycles. The summed E-state index contributed by atoms with van der Waals surface area (Å²) in [4.78, 5) is 19.0. The number of aromatic nitrogens is 1. The van der Waals surface area contributed by atoms with Gasteiger partial charge in [0.1, 0.15) is 5.69 Å². The number of nitrogens with zero attached hydrogens (tertiary/aromatic N) is 2. The number of pyridine rings is 1. The maximum atomic E-state index is 12.3. The molecule has 7 heteroatoms. The predicted molar refractivity (Wildman–Crippen MR) is 110 cm³/mol. The van der Waals surface area contributed by atoms with Crippen molar-refractivity contribution in [1.82, 2.24) is 10.3 Å². The van der Waals surface area contributed by atoms with Crippen LogP contribution in [0.5, 0.6) is 11.5 Å². The molecule has 2 aliphatic rings. The van der Waals surface area contributed by atoms with E-state index < -0.39 is 0 Å². The number of hydrogen-bond donors (Lipinski definition) is 1. The normalized spacial score (nSPS) is 18.3. The first kappa shape index (κ1) is 19.5. The quantitative estimate of drug-likeness (QED) is 0.808. The van der Waals surface area contributed by atoms with Crippen molar-refractivity contribution in [2.24, 2.45) is 0 Å². The van der Waals surface area contributed by atoms with Crippen LogP contribution in [0.2, 0.25) is 0 Å². The van der Waals surface area contributed by atoms with Crippen LogP contribution in [-0.2, 0) is 17.7 Å². The van der Waals surface area contributed by atoms with Crippen molar-refractivity contribution >= 4 is 11.6 Å². The maximum Gasteiger partial charge on any atom is 0.269 e. The van der Waals surface area contributed by atoms with Crippen LogP contribution in [-0.4, -0.2) is 50.9 Å². The fourth-order valence-corrected chi connectivity index (χ4v) is 3.91. The number of methoxy groups -OCH3 is 2. The lowest BCUT2D eigenvalue weighted by atomic mass is 9.98. The van der Waals surface area contributed by atoms with Gasteiger partial charge >= 0.3 is 0 Å². The van der Waals surface area contributed by atoms with Crippen molar-refractivity contribution in [3.8, 4) is 11.5 Å². The molecule has 154 valence electrons. The molecule has 7 nitrogen and oxygen atoms in total. The largest absolute Gasteiger partial charge is 0.493 e. The van der Waals surface area contributed by atoms with Crippen molar-refractivity contribution in [3.05, 3.63) is 47.3 Å². The van der Waals surface area contributed by atoms with E-state index in [4.69, 9.17) is 14.2 Å². The van der Waals surface area contributed by atoms with Gasteiger partial charge in [-0.3, -0.25) is 4.79 Å². The van der Waals surface area contributed by atoms with Crippen molar-refractivity contribution in [2.45, 2.75) is 31.9 Å². The number of carbonyl (C=O) groups is 1. The van der Waals surface area contributed by atoms with Gasteiger partial charge in [0.25, 0.3) is 5.91 Å². The fraction of sp³-hybridized carbons (Fsp3) is 0.455. The lowest BCUT2D eigenvalue weighted by molar-refractivity contribution is 0.0853. The van der Waals surface area contributed by atoms with Gasteiger partial charge in [-0.1, -0.05) is 0 Å². The van der Waals surface area contributed by atoms with Gasteiger partial charge in [-0.2, -0.15) is 0 Å². The highest BCUT2D eigenvalue weighted by Crippen LogP contribution is 2.34. The summed E-state index contributed by atoms with van der Waals surface area (Å²) in [7, 11) is 3.31. The minimum absolute atomic E-state index is 0.127. The van der Waals surface area contributed by atoms with E-state index in [0.29, 0.717) is 12.2 Å². The second kappa shape index (κ2) is 8.69. The van der Waals surface area contributed by atoms with Crippen molar-refractivity contribution < 1.29 is 19.0 Å². The van der Waals surface area contributed by atoms with Crippen molar-refractivity contribution in [2.75, 3.05) is 38.8 Å². The molecule has 29 heavy (non-hydrogen) atoms. The Morgan fingerprint density at radius 1 is 1.24 bits per heavy atom. The van der Waals surface area contributed by atoms with Crippen molar-refractivity contribution in [1.29, 1.82) is 0 Å². The van der Waals surface area contributed by atoms with Crippen LogP contribution in [0.1, 0.15) is 34.5 Å². The molecule has 3 heterocycles. The van der Waals surface area contributed by atoms with Crippen LogP contribution >= 0.6 is 0 Å². The summed E-state index contributed by atoms with van der Waals surface area (Å²) in [6.07, 6.45) is 4.87. The number of fused-ring (bicyclic) bond motifs is 1. The van der Waals surface area contributed by atoms with E-state index in [-0.39, 0.29) is 12.0 Å². The molecular weight excluding hydrogens is 370 g/mol. The summed E-state index contributed by atoms with van der Waals surface area (Å²) < 4.78 is 16.4. The van der Waals surface area contributed by atoms with Gasteiger partial charge in [-0.05, 0) is 54.7 Å². The van der Waals surface area contributed by atoms with E-state index >= 15 is 0 Å². The molecule has 1 saturated heterocycles. The number of carbonyl (C=O) groups excluding carboxylic acids is 1. The van der Waals surface area contributed by atoms with E-state index in [1.54, 1.807) is 26.5 Å². The first-order valence-corrected chi connectivity index (χ1v) is 10.0. The Hall–Kier alpha value is -2.80. The third kappa shape index (κ3) is 4.29. The number of rotatable bonds is 6. The Balaban J connectivity index is 1.41. The lowest BCUT2D eigenvalue weighted by Crippen LogP contribution is -2.33. The average Bonchev–Trinajstić information content (AvgIpc) is 3.30. The number of nitrogens with one attached hydrogen (secondary N) is 1. The molecule has 1 aromatic carbocycles. The zero-order valence-electron chi connectivity index (χ0n) is 16.9. The maximum absolute atomic E-state index is 12.3. The van der Waals surface area contributed by atoms with E-state index in [0.717, 1.165) is 56.1 Å². The number of amides is 1. The monoisotopic (exact) mass is 397 g/mol. The highest BCUT2D eigenvalue weighted by molar-refractivity contribution is 5.92. The molecule has 1 N–H and O–H groups in total. The highest BCUT2D eigenvalue weighted by atomic mass is 16.5. The molecule has 2 aromatic rings. The minimum Gasteiger partial charge on any atom is -0.493 e. The molecular formula is C22H27N3O4. The Morgan fingerprint density at radius 3 is 2.69 bits per heavy atom. The van der Waals surface area contributed by atoms with E-state index in [2.05, 4.69) is 21.3 Å². The summed E-state index contributed by atoms with van der Waals surface area (Å²) in [5.41, 5.74) is 3.92. The molecule has 1 aromatic heterocycles. The summed E-state index contributed by atoms with van der Waals surface area (Å²) in [5, 5.41) is 2.91. The molecule has 0 aliphatic carbocycles. The van der Waals surface area contributed by atoms with Gasteiger partial charge in [-0.25, -0.2) is 4.98 Å². The predicted octanol–water partition coefficient (Wildman–Crippen LogP) is 2.57. The zero-order chi connectivity index (χ0) is 20.2. The minimum atomic E-state index is -0.159. The summed E-state index contributed by atoms with van der Waals surface area (Å²) in [5.74, 6) is 1.34. The number of anilines is 1. The van der Waals surface area contributed by atoms with Crippen LogP contribution in [0.15, 0.2) is 30.5 Å². The Morgan fingerprint density at radius 2 is 2.03 bits per heavy atom. The Kier molecular flexibility index (Phi) is 5.85. The number of ether oxygens (including phenoxy) is 3. The summed E-state index contributed by atoms with van der Waals surface area (Å²) >= 11 is 0. The van der Waals surface area contributed by atoms with E-state index in [1.165, 1.54) is 11.1 Å². The summed E-state index contributed by atoms with van der Waals surface area (Å²) in [6.45, 7) is 2.97. The van der Waals surface area contributed by atoms with Gasteiger partial charge < -0.3 is 24.4 Å². The molecule has 0 spiro atoms. The van der Waals surface area contributed by atoms with Gasteiger partial charge in [0.05, 0.1) is 32.2 Å². The topological polar surface area (TPSA) is 72.9 Å². The van der Waals surface area contributed by atoms with Crippen LogP contribution in [0.3, 0.4) is 0 Å². The van der Waals surface area contributed by atoms with E-state index in [1.807, 2.05) is 12.1 Å². The average molecular weight is 397 g/mol. The second-order valence-electron chi connectivity index (χ2n) is 7.39. The molecule has 1 atom stereocenters. The van der Waals surface area contributed by atoms with Gasteiger partial charge in [-0.15, -0.1) is 0 Å². The van der Waals surface area contributed by atoms with Crippen LogP contribution < -0.4 is 19.7 Å². The zero-order valence-corrected chi connectivity index (χ0v) is 16.9. The van der Waals surface area contributed by atoms with Crippen LogP contribution in [0.25, 0.3) is 0 Å². The molecule has 4 rings (SSSR count).